The molecule has 0 aliphatic carbocycles. The van der Waals surface area contributed by atoms with Crippen molar-refractivity contribution in [2.75, 3.05) is 32.1 Å². The van der Waals surface area contributed by atoms with Gasteiger partial charge in [0.05, 0.1) is 11.8 Å². The van der Waals surface area contributed by atoms with Crippen molar-refractivity contribution < 1.29 is 9.50 Å². The van der Waals surface area contributed by atoms with E-state index in [0.717, 1.165) is 25.9 Å². The Balaban J connectivity index is 2.19. The van der Waals surface area contributed by atoms with Crippen molar-refractivity contribution in [3.8, 4) is 0 Å². The van der Waals surface area contributed by atoms with E-state index in [1.165, 1.54) is 6.07 Å². The van der Waals surface area contributed by atoms with Gasteiger partial charge in [0, 0.05) is 24.7 Å². The van der Waals surface area contributed by atoms with E-state index >= 15 is 0 Å². The average Bonchev–Trinajstić information content (AvgIpc) is 2.38. The lowest BCUT2D eigenvalue weighted by atomic mass is 10.0. The quantitative estimate of drug-likeness (QED) is 0.910. The molecule has 106 valence electrons. The Kier molecular flexibility index (Phi) is 4.42. The molecule has 1 aliphatic heterocycles. The molecule has 0 saturated carbocycles. The summed E-state index contributed by atoms with van der Waals surface area (Å²) < 4.78 is 14.1. The number of aliphatic hydroxyl groups is 1. The van der Waals surface area contributed by atoms with Gasteiger partial charge in [0.25, 0.3) is 0 Å². The summed E-state index contributed by atoms with van der Waals surface area (Å²) in [6.45, 7) is 3.36. The number of rotatable bonds is 3. The molecule has 0 amide bonds. The molecule has 1 aromatic rings. The van der Waals surface area contributed by atoms with Crippen LogP contribution in [-0.2, 0) is 0 Å². The van der Waals surface area contributed by atoms with Gasteiger partial charge < -0.3 is 14.9 Å². The maximum Gasteiger partial charge on any atom is 0.146 e. The number of piperidine rings is 1. The molecule has 3 nitrogen and oxygen atoms in total. The fourth-order valence-corrected chi connectivity index (χ4v) is 2.81. The summed E-state index contributed by atoms with van der Waals surface area (Å²) >= 11 is 0. The van der Waals surface area contributed by atoms with Crippen LogP contribution in [-0.4, -0.2) is 43.2 Å². The highest BCUT2D eigenvalue weighted by Gasteiger charge is 2.25. The van der Waals surface area contributed by atoms with Crippen LogP contribution in [0, 0.1) is 5.82 Å². The zero-order chi connectivity index (χ0) is 14.0. The van der Waals surface area contributed by atoms with Crippen molar-refractivity contribution in [1.82, 2.24) is 4.90 Å². The van der Waals surface area contributed by atoms with Crippen molar-refractivity contribution >= 4 is 5.69 Å². The number of para-hydroxylation sites is 1. The minimum atomic E-state index is -0.641. The number of halogens is 1. The number of nitrogens with zero attached hydrogens (tertiary/aromatic N) is 2. The molecule has 1 N–H and O–H groups in total. The minimum Gasteiger partial charge on any atom is -0.389 e. The molecule has 1 aromatic carbocycles. The molecule has 1 heterocycles. The zero-order valence-corrected chi connectivity index (χ0v) is 11.9. The van der Waals surface area contributed by atoms with Gasteiger partial charge in [0.2, 0.25) is 0 Å². The van der Waals surface area contributed by atoms with E-state index in [-0.39, 0.29) is 5.82 Å². The largest absolute Gasteiger partial charge is 0.389 e. The van der Waals surface area contributed by atoms with Gasteiger partial charge in [-0.1, -0.05) is 12.1 Å². The van der Waals surface area contributed by atoms with Crippen LogP contribution >= 0.6 is 0 Å². The number of hydrogen-bond acceptors (Lipinski definition) is 3. The second-order valence-corrected chi connectivity index (χ2v) is 5.54. The van der Waals surface area contributed by atoms with Gasteiger partial charge >= 0.3 is 0 Å². The number of hydrogen-bond donors (Lipinski definition) is 1. The third-order valence-corrected chi connectivity index (χ3v) is 3.98. The minimum absolute atomic E-state index is 0.235. The van der Waals surface area contributed by atoms with Crippen LogP contribution in [0.3, 0.4) is 0 Å². The topological polar surface area (TPSA) is 26.7 Å². The molecule has 1 fully saturated rings. The molecule has 4 heteroatoms. The molecule has 1 saturated heterocycles. The molecular formula is C15H23FN2O. The van der Waals surface area contributed by atoms with E-state index < -0.39 is 6.10 Å². The lowest BCUT2D eigenvalue weighted by Crippen LogP contribution is -2.42. The van der Waals surface area contributed by atoms with Crippen molar-refractivity contribution in [2.24, 2.45) is 0 Å². The zero-order valence-electron chi connectivity index (χ0n) is 11.9. The van der Waals surface area contributed by atoms with Gasteiger partial charge in [-0.05, 0) is 39.9 Å². The summed E-state index contributed by atoms with van der Waals surface area (Å²) in [4.78, 5) is 4.30. The van der Waals surface area contributed by atoms with E-state index in [1.807, 2.05) is 0 Å². The van der Waals surface area contributed by atoms with E-state index in [2.05, 4.69) is 23.9 Å². The molecule has 0 bridgehead atoms. The highest BCUT2D eigenvalue weighted by atomic mass is 19.1. The van der Waals surface area contributed by atoms with E-state index in [9.17, 15) is 9.50 Å². The van der Waals surface area contributed by atoms with Crippen LogP contribution in [0.25, 0.3) is 0 Å². The van der Waals surface area contributed by atoms with Crippen LogP contribution in [0.2, 0.25) is 0 Å². The molecular weight excluding hydrogens is 243 g/mol. The van der Waals surface area contributed by atoms with Gasteiger partial charge in [-0.25, -0.2) is 4.39 Å². The highest BCUT2D eigenvalue weighted by Crippen LogP contribution is 2.31. The molecule has 0 spiro atoms. The first-order valence-corrected chi connectivity index (χ1v) is 6.88. The highest BCUT2D eigenvalue weighted by molar-refractivity contribution is 5.56. The summed E-state index contributed by atoms with van der Waals surface area (Å²) in [6.07, 6.45) is 1.42. The van der Waals surface area contributed by atoms with Crippen molar-refractivity contribution in [3.63, 3.8) is 0 Å². The van der Waals surface area contributed by atoms with E-state index in [0.29, 0.717) is 17.3 Å². The summed E-state index contributed by atoms with van der Waals surface area (Å²) in [6, 6.07) is 5.51. The van der Waals surface area contributed by atoms with Gasteiger partial charge in [0.15, 0.2) is 0 Å². The third kappa shape index (κ3) is 3.07. The molecule has 0 radical (unpaired) electrons. The van der Waals surface area contributed by atoms with Crippen molar-refractivity contribution in [1.29, 1.82) is 0 Å². The summed E-state index contributed by atoms with van der Waals surface area (Å²) in [5.74, 6) is -0.235. The molecule has 0 aromatic heterocycles. The smallest absolute Gasteiger partial charge is 0.146 e. The van der Waals surface area contributed by atoms with Crippen LogP contribution in [0.4, 0.5) is 10.1 Å². The molecule has 2 rings (SSSR count). The summed E-state index contributed by atoms with van der Waals surface area (Å²) in [5.41, 5.74) is 1.26. The van der Waals surface area contributed by atoms with Crippen molar-refractivity contribution in [2.45, 2.75) is 31.9 Å². The lowest BCUT2D eigenvalue weighted by Gasteiger charge is -2.37. The SMILES string of the molecule is CC(O)c1cccc(F)c1N1CCC(N(C)C)CC1. The number of anilines is 1. The van der Waals surface area contributed by atoms with E-state index in [4.69, 9.17) is 0 Å². The normalized spacial score (nSPS) is 18.9. The Hall–Kier alpha value is -1.13. The van der Waals surface area contributed by atoms with Crippen LogP contribution in [0.5, 0.6) is 0 Å². The first-order chi connectivity index (χ1) is 9.00. The van der Waals surface area contributed by atoms with Gasteiger partial charge in [-0.3, -0.25) is 0 Å². The first-order valence-electron chi connectivity index (χ1n) is 6.88. The third-order valence-electron chi connectivity index (χ3n) is 3.98. The molecule has 19 heavy (non-hydrogen) atoms. The Bertz CT molecular complexity index is 426. The lowest BCUT2D eigenvalue weighted by molar-refractivity contribution is 0.198. The van der Waals surface area contributed by atoms with Gasteiger partial charge in [-0.2, -0.15) is 0 Å². The number of aliphatic hydroxyl groups excluding tert-OH is 1. The Morgan fingerprint density at radius 3 is 2.47 bits per heavy atom. The monoisotopic (exact) mass is 266 g/mol. The van der Waals surface area contributed by atoms with Crippen LogP contribution in [0.1, 0.15) is 31.4 Å². The van der Waals surface area contributed by atoms with Gasteiger partial charge in [-0.15, -0.1) is 0 Å². The Morgan fingerprint density at radius 1 is 1.32 bits per heavy atom. The van der Waals surface area contributed by atoms with E-state index in [1.54, 1.807) is 19.1 Å². The fraction of sp³-hybridized carbons (Fsp3) is 0.600. The fourth-order valence-electron chi connectivity index (χ4n) is 2.81. The predicted molar refractivity (Wildman–Crippen MR) is 76.0 cm³/mol. The van der Waals surface area contributed by atoms with Crippen LogP contribution in [0.15, 0.2) is 18.2 Å². The van der Waals surface area contributed by atoms with Crippen molar-refractivity contribution in [3.05, 3.63) is 29.6 Å². The summed E-state index contributed by atoms with van der Waals surface area (Å²) in [7, 11) is 4.18. The van der Waals surface area contributed by atoms with Gasteiger partial charge in [0.1, 0.15) is 5.82 Å². The predicted octanol–water partition coefficient (Wildman–Crippen LogP) is 2.41. The molecule has 1 aliphatic rings. The summed E-state index contributed by atoms with van der Waals surface area (Å²) in [5, 5.41) is 9.80. The molecule has 1 atom stereocenters. The molecule has 1 unspecified atom stereocenters. The maximum absolute atomic E-state index is 14.1. The second-order valence-electron chi connectivity index (χ2n) is 5.54. The first kappa shape index (κ1) is 14.3. The standard InChI is InChI=1S/C15H23FN2O/c1-11(19)13-5-4-6-14(16)15(13)18-9-7-12(8-10-18)17(2)3/h4-6,11-12,19H,7-10H2,1-3H3. The number of benzene rings is 1. The van der Waals surface area contributed by atoms with Crippen LogP contribution < -0.4 is 4.90 Å². The Labute approximate surface area is 114 Å². The second kappa shape index (κ2) is 5.88. The Morgan fingerprint density at radius 2 is 1.95 bits per heavy atom. The maximum atomic E-state index is 14.1. The average molecular weight is 266 g/mol.